The van der Waals surface area contributed by atoms with E-state index in [2.05, 4.69) is 15.3 Å². The molecule has 0 spiro atoms. The van der Waals surface area contributed by atoms with Crippen molar-refractivity contribution in [1.82, 2.24) is 9.97 Å². The number of thioether (sulfide) groups is 1. The van der Waals surface area contributed by atoms with Crippen molar-refractivity contribution in [2.75, 3.05) is 12.4 Å². The zero-order valence-electron chi connectivity index (χ0n) is 15.8. The van der Waals surface area contributed by atoms with Crippen LogP contribution in [-0.2, 0) is 4.79 Å². The second-order valence-corrected chi connectivity index (χ2v) is 7.38. The van der Waals surface area contributed by atoms with Gasteiger partial charge >= 0.3 is 0 Å². The minimum Gasteiger partial charge on any atom is -0.497 e. The van der Waals surface area contributed by atoms with Crippen LogP contribution in [0.1, 0.15) is 12.5 Å². The molecule has 0 aliphatic heterocycles. The van der Waals surface area contributed by atoms with Gasteiger partial charge in [0.15, 0.2) is 5.16 Å². The number of methoxy groups -OCH3 is 1. The van der Waals surface area contributed by atoms with Crippen molar-refractivity contribution >= 4 is 23.4 Å². The molecule has 0 saturated heterocycles. The van der Waals surface area contributed by atoms with Gasteiger partial charge in [0.2, 0.25) is 5.91 Å². The third-order valence-corrected chi connectivity index (χ3v) is 5.06. The first-order chi connectivity index (χ1) is 14.0. The Kier molecular flexibility index (Phi) is 6.32. The van der Waals surface area contributed by atoms with Gasteiger partial charge in [0, 0.05) is 11.3 Å². The Morgan fingerprint density at radius 2 is 1.90 bits per heavy atom. The zero-order valence-corrected chi connectivity index (χ0v) is 16.6. The van der Waals surface area contributed by atoms with Crippen LogP contribution < -0.4 is 15.6 Å². The minimum absolute atomic E-state index is 0.0594. The molecule has 7 nitrogen and oxygen atoms in total. The molecule has 1 aromatic heterocycles. The van der Waals surface area contributed by atoms with Crippen LogP contribution in [0.5, 0.6) is 5.75 Å². The Morgan fingerprint density at radius 1 is 1.21 bits per heavy atom. The number of nitriles is 1. The molecule has 0 fully saturated rings. The first kappa shape index (κ1) is 20.2. The number of rotatable bonds is 6. The summed E-state index contributed by atoms with van der Waals surface area (Å²) in [4.78, 5) is 31.8. The van der Waals surface area contributed by atoms with Crippen molar-refractivity contribution in [3.8, 4) is 23.1 Å². The quantitative estimate of drug-likeness (QED) is 0.480. The summed E-state index contributed by atoms with van der Waals surface area (Å²) in [5, 5.41) is 11.9. The van der Waals surface area contributed by atoms with Crippen molar-refractivity contribution in [1.29, 1.82) is 5.26 Å². The molecule has 0 radical (unpaired) electrons. The van der Waals surface area contributed by atoms with Gasteiger partial charge < -0.3 is 15.0 Å². The van der Waals surface area contributed by atoms with Gasteiger partial charge in [-0.05, 0) is 31.2 Å². The Balaban J connectivity index is 1.80. The van der Waals surface area contributed by atoms with Crippen LogP contribution in [0.15, 0.2) is 64.5 Å². The number of benzene rings is 2. The number of aromatic amines is 1. The molecule has 0 bridgehead atoms. The van der Waals surface area contributed by atoms with E-state index in [-0.39, 0.29) is 16.6 Å². The summed E-state index contributed by atoms with van der Waals surface area (Å²) in [6.45, 7) is 1.71. The van der Waals surface area contributed by atoms with Gasteiger partial charge in [-0.15, -0.1) is 0 Å². The van der Waals surface area contributed by atoms with Crippen molar-refractivity contribution in [2.45, 2.75) is 17.3 Å². The van der Waals surface area contributed by atoms with E-state index in [0.717, 1.165) is 11.8 Å². The number of ether oxygens (including phenoxy) is 1. The molecule has 29 heavy (non-hydrogen) atoms. The number of hydrogen-bond acceptors (Lipinski definition) is 6. The van der Waals surface area contributed by atoms with E-state index in [1.54, 1.807) is 62.6 Å². The third-order valence-electron chi connectivity index (χ3n) is 4.07. The predicted octanol–water partition coefficient (Wildman–Crippen LogP) is 3.44. The molecule has 0 saturated carbocycles. The van der Waals surface area contributed by atoms with E-state index < -0.39 is 10.8 Å². The van der Waals surface area contributed by atoms with Gasteiger partial charge in [0.1, 0.15) is 17.4 Å². The van der Waals surface area contributed by atoms with Gasteiger partial charge in [-0.3, -0.25) is 9.59 Å². The summed E-state index contributed by atoms with van der Waals surface area (Å²) in [6.07, 6.45) is 0. The molecule has 2 N–H and O–H groups in total. The number of carbonyl (C=O) groups is 1. The standard InChI is InChI=1S/C21H18N4O3S/c1-13(19(26)23-15-8-10-16(28-2)11-9-15)29-21-24-18(14-6-4-3-5-7-14)17(12-22)20(27)25-21/h3-11,13H,1-2H3,(H,23,26)(H,24,25,27). The van der Waals surface area contributed by atoms with Crippen LogP contribution in [0, 0.1) is 11.3 Å². The van der Waals surface area contributed by atoms with E-state index in [0.29, 0.717) is 22.7 Å². The SMILES string of the molecule is COc1ccc(NC(=O)C(C)Sc2nc(-c3ccccc3)c(C#N)c(=O)[nH]2)cc1. The second-order valence-electron chi connectivity index (χ2n) is 6.05. The van der Waals surface area contributed by atoms with Crippen LogP contribution >= 0.6 is 11.8 Å². The van der Waals surface area contributed by atoms with Crippen LogP contribution in [0.4, 0.5) is 5.69 Å². The third kappa shape index (κ3) is 4.83. The summed E-state index contributed by atoms with van der Waals surface area (Å²) in [7, 11) is 1.57. The van der Waals surface area contributed by atoms with Crippen molar-refractivity contribution in [3.63, 3.8) is 0 Å². The lowest BCUT2D eigenvalue weighted by molar-refractivity contribution is -0.115. The molecular weight excluding hydrogens is 388 g/mol. The molecule has 8 heteroatoms. The Morgan fingerprint density at radius 3 is 2.52 bits per heavy atom. The Labute approximate surface area is 171 Å². The maximum absolute atomic E-state index is 12.5. The van der Waals surface area contributed by atoms with Gasteiger partial charge in [0.25, 0.3) is 5.56 Å². The molecule has 3 rings (SSSR count). The highest BCUT2D eigenvalue weighted by Gasteiger charge is 2.19. The van der Waals surface area contributed by atoms with Crippen LogP contribution in [0.25, 0.3) is 11.3 Å². The fraction of sp³-hybridized carbons (Fsp3) is 0.143. The maximum atomic E-state index is 12.5. The molecule has 1 unspecified atom stereocenters. The van der Waals surface area contributed by atoms with Crippen molar-refractivity contribution in [2.24, 2.45) is 0 Å². The number of nitrogens with zero attached hydrogens (tertiary/aromatic N) is 2. The molecule has 1 atom stereocenters. The molecular formula is C21H18N4O3S. The van der Waals surface area contributed by atoms with E-state index in [9.17, 15) is 14.9 Å². The summed E-state index contributed by atoms with van der Waals surface area (Å²) < 4.78 is 5.10. The van der Waals surface area contributed by atoms with Crippen molar-refractivity contribution in [3.05, 3.63) is 70.5 Å². The Bertz CT molecular complexity index is 1110. The molecule has 2 aromatic carbocycles. The first-order valence-corrected chi connectivity index (χ1v) is 9.61. The first-order valence-electron chi connectivity index (χ1n) is 8.73. The highest BCUT2D eigenvalue weighted by molar-refractivity contribution is 8.00. The van der Waals surface area contributed by atoms with E-state index in [1.165, 1.54) is 0 Å². The van der Waals surface area contributed by atoms with Crippen molar-refractivity contribution < 1.29 is 9.53 Å². The van der Waals surface area contributed by atoms with Crippen LogP contribution in [0.3, 0.4) is 0 Å². The molecule has 0 aliphatic rings. The number of H-pyrrole nitrogens is 1. The molecule has 0 aliphatic carbocycles. The lowest BCUT2D eigenvalue weighted by Gasteiger charge is -2.12. The topological polar surface area (TPSA) is 108 Å². The predicted molar refractivity (Wildman–Crippen MR) is 112 cm³/mol. The lowest BCUT2D eigenvalue weighted by Crippen LogP contribution is -2.23. The number of nitrogens with one attached hydrogen (secondary N) is 2. The smallest absolute Gasteiger partial charge is 0.270 e. The Hall–Kier alpha value is -3.57. The number of amides is 1. The summed E-state index contributed by atoms with van der Waals surface area (Å²) in [5.74, 6) is 0.451. The molecule has 1 amide bonds. The van der Waals surface area contributed by atoms with Gasteiger partial charge in [0.05, 0.1) is 18.1 Å². The molecule has 3 aromatic rings. The number of aromatic nitrogens is 2. The summed E-state index contributed by atoms with van der Waals surface area (Å²) in [6, 6.07) is 17.9. The highest BCUT2D eigenvalue weighted by atomic mass is 32.2. The van der Waals surface area contributed by atoms with Gasteiger partial charge in [-0.2, -0.15) is 5.26 Å². The fourth-order valence-corrected chi connectivity index (χ4v) is 3.35. The van der Waals surface area contributed by atoms with E-state index in [1.807, 2.05) is 12.1 Å². The molecule has 146 valence electrons. The van der Waals surface area contributed by atoms with Crippen LogP contribution in [-0.4, -0.2) is 28.2 Å². The minimum atomic E-state index is -0.536. The fourth-order valence-electron chi connectivity index (χ4n) is 2.56. The monoisotopic (exact) mass is 406 g/mol. The second kappa shape index (κ2) is 9.08. The summed E-state index contributed by atoms with van der Waals surface area (Å²) >= 11 is 1.11. The molecule has 1 heterocycles. The lowest BCUT2D eigenvalue weighted by atomic mass is 10.1. The highest BCUT2D eigenvalue weighted by Crippen LogP contribution is 2.25. The number of hydrogen-bond donors (Lipinski definition) is 2. The average molecular weight is 406 g/mol. The average Bonchev–Trinajstić information content (AvgIpc) is 2.74. The maximum Gasteiger partial charge on any atom is 0.270 e. The van der Waals surface area contributed by atoms with E-state index >= 15 is 0 Å². The van der Waals surface area contributed by atoms with E-state index in [4.69, 9.17) is 4.74 Å². The zero-order chi connectivity index (χ0) is 20.8. The van der Waals surface area contributed by atoms with Gasteiger partial charge in [-0.1, -0.05) is 42.1 Å². The number of carbonyl (C=O) groups excluding carboxylic acids is 1. The largest absolute Gasteiger partial charge is 0.497 e. The van der Waals surface area contributed by atoms with Gasteiger partial charge in [-0.25, -0.2) is 4.98 Å². The number of anilines is 1. The normalized spacial score (nSPS) is 11.3. The summed E-state index contributed by atoms with van der Waals surface area (Å²) in [5.41, 5.74) is 0.992. The van der Waals surface area contributed by atoms with Crippen LogP contribution in [0.2, 0.25) is 0 Å².